The van der Waals surface area contributed by atoms with Gasteiger partial charge in [0.15, 0.2) is 0 Å². The molecule has 2 atom stereocenters. The van der Waals surface area contributed by atoms with E-state index in [4.69, 9.17) is 0 Å². The van der Waals surface area contributed by atoms with Gasteiger partial charge in [-0.15, -0.1) is 0 Å². The highest BCUT2D eigenvalue weighted by Crippen LogP contribution is 2.34. The minimum atomic E-state index is -0.910. The number of benzene rings is 1. The van der Waals surface area contributed by atoms with Gasteiger partial charge in [-0.3, -0.25) is 9.59 Å². The van der Waals surface area contributed by atoms with E-state index in [-0.39, 0.29) is 18.0 Å². The lowest BCUT2D eigenvalue weighted by Crippen LogP contribution is -2.52. The lowest BCUT2D eigenvalue weighted by atomic mass is 9.90. The molecule has 0 bridgehead atoms. The van der Waals surface area contributed by atoms with Gasteiger partial charge in [-0.1, -0.05) is 6.92 Å². The quantitative estimate of drug-likeness (QED) is 0.888. The summed E-state index contributed by atoms with van der Waals surface area (Å²) in [5.74, 6) is -2.98. The summed E-state index contributed by atoms with van der Waals surface area (Å²) in [5, 5.41) is 14.3. The van der Waals surface area contributed by atoms with Crippen LogP contribution in [-0.4, -0.2) is 23.9 Å². The molecule has 0 heterocycles. The molecule has 0 spiro atoms. The van der Waals surface area contributed by atoms with Crippen molar-refractivity contribution in [1.29, 1.82) is 5.26 Å². The lowest BCUT2D eigenvalue weighted by molar-refractivity contribution is -0.121. The molecule has 1 aliphatic carbocycles. The predicted molar refractivity (Wildman–Crippen MR) is 78.2 cm³/mol. The van der Waals surface area contributed by atoms with Crippen LogP contribution in [0.3, 0.4) is 0 Å². The molecule has 7 heteroatoms. The van der Waals surface area contributed by atoms with Crippen molar-refractivity contribution in [3.63, 3.8) is 0 Å². The summed E-state index contributed by atoms with van der Waals surface area (Å²) in [6.45, 7) is 1.53. The fourth-order valence-corrected chi connectivity index (χ4v) is 2.80. The molecule has 5 nitrogen and oxygen atoms in total. The summed E-state index contributed by atoms with van der Waals surface area (Å²) in [4.78, 5) is 23.8. The van der Waals surface area contributed by atoms with Gasteiger partial charge >= 0.3 is 0 Å². The molecule has 1 saturated carbocycles. The number of rotatable bonds is 4. The first-order chi connectivity index (χ1) is 10.9. The van der Waals surface area contributed by atoms with Gasteiger partial charge < -0.3 is 10.6 Å². The Morgan fingerprint density at radius 2 is 2.00 bits per heavy atom. The molecular weight excluding hydrogens is 304 g/mol. The second-order valence-corrected chi connectivity index (χ2v) is 5.77. The molecule has 2 rings (SSSR count). The van der Waals surface area contributed by atoms with E-state index < -0.39 is 29.0 Å². The van der Waals surface area contributed by atoms with E-state index in [1.54, 1.807) is 0 Å². The molecule has 122 valence electrons. The summed E-state index contributed by atoms with van der Waals surface area (Å²) < 4.78 is 26.1. The van der Waals surface area contributed by atoms with Crippen LogP contribution in [0.25, 0.3) is 0 Å². The Balaban J connectivity index is 1.94. The van der Waals surface area contributed by atoms with E-state index in [1.807, 2.05) is 6.92 Å². The Bertz CT molecular complexity index is 652. The number of halogens is 2. The molecule has 0 aromatic heterocycles. The molecule has 2 amide bonds. The second kappa shape index (κ2) is 6.73. The zero-order valence-electron chi connectivity index (χ0n) is 12.7. The Kier molecular flexibility index (Phi) is 4.94. The van der Waals surface area contributed by atoms with Gasteiger partial charge in [0.1, 0.15) is 17.2 Å². The summed E-state index contributed by atoms with van der Waals surface area (Å²) in [6, 6.07) is 4.57. The molecule has 1 aromatic carbocycles. The largest absolute Gasteiger partial charge is 0.343 e. The SMILES string of the molecule is C[C@@H]1CCC[C@]1(C#N)NC(=O)CNC(=O)c1cc(F)cc(F)c1. The highest BCUT2D eigenvalue weighted by Gasteiger charge is 2.41. The highest BCUT2D eigenvalue weighted by atomic mass is 19.1. The van der Waals surface area contributed by atoms with Gasteiger partial charge in [-0.25, -0.2) is 8.78 Å². The van der Waals surface area contributed by atoms with Gasteiger partial charge in [-0.2, -0.15) is 5.26 Å². The first kappa shape index (κ1) is 16.9. The Labute approximate surface area is 132 Å². The number of amides is 2. The summed E-state index contributed by atoms with van der Waals surface area (Å²) >= 11 is 0. The average molecular weight is 321 g/mol. The van der Waals surface area contributed by atoms with Crippen LogP contribution in [0.5, 0.6) is 0 Å². The summed E-state index contributed by atoms with van der Waals surface area (Å²) in [6.07, 6.45) is 2.27. The first-order valence-corrected chi connectivity index (χ1v) is 7.33. The molecule has 0 saturated heterocycles. The van der Waals surface area contributed by atoms with Crippen molar-refractivity contribution in [1.82, 2.24) is 10.6 Å². The van der Waals surface area contributed by atoms with E-state index in [1.165, 1.54) is 0 Å². The summed E-state index contributed by atoms with van der Waals surface area (Å²) in [5.41, 5.74) is -1.12. The summed E-state index contributed by atoms with van der Waals surface area (Å²) in [7, 11) is 0. The standard InChI is InChI=1S/C16H17F2N3O2/c1-10-3-2-4-16(10,9-19)21-14(22)8-20-15(23)11-5-12(17)7-13(18)6-11/h5-7,10H,2-4,8H2,1H3,(H,20,23)(H,21,22)/t10-,16-/m1/s1. The Morgan fingerprint density at radius 3 is 2.52 bits per heavy atom. The third-order valence-corrected chi connectivity index (χ3v) is 4.15. The minimum Gasteiger partial charge on any atom is -0.343 e. The van der Waals surface area contributed by atoms with Crippen molar-refractivity contribution in [3.05, 3.63) is 35.4 Å². The van der Waals surface area contributed by atoms with E-state index >= 15 is 0 Å². The van der Waals surface area contributed by atoms with E-state index in [0.29, 0.717) is 12.5 Å². The topological polar surface area (TPSA) is 82.0 Å². The molecule has 0 unspecified atom stereocenters. The third kappa shape index (κ3) is 3.83. The van der Waals surface area contributed by atoms with Crippen LogP contribution in [0.4, 0.5) is 8.78 Å². The smallest absolute Gasteiger partial charge is 0.251 e. The van der Waals surface area contributed by atoms with Gasteiger partial charge in [0.05, 0.1) is 12.6 Å². The fraction of sp³-hybridized carbons (Fsp3) is 0.438. The van der Waals surface area contributed by atoms with E-state index in [0.717, 1.165) is 25.0 Å². The van der Waals surface area contributed by atoms with Gasteiger partial charge in [0.2, 0.25) is 5.91 Å². The van der Waals surface area contributed by atoms with Crippen LogP contribution in [0.1, 0.15) is 36.5 Å². The van der Waals surface area contributed by atoms with Crippen LogP contribution in [0, 0.1) is 28.9 Å². The lowest BCUT2D eigenvalue weighted by Gasteiger charge is -2.27. The van der Waals surface area contributed by atoms with Crippen molar-refractivity contribution in [2.45, 2.75) is 31.7 Å². The van der Waals surface area contributed by atoms with Crippen LogP contribution in [0.2, 0.25) is 0 Å². The maximum absolute atomic E-state index is 13.1. The van der Waals surface area contributed by atoms with Crippen molar-refractivity contribution >= 4 is 11.8 Å². The van der Waals surface area contributed by atoms with Crippen LogP contribution >= 0.6 is 0 Å². The zero-order chi connectivity index (χ0) is 17.0. The van der Waals surface area contributed by atoms with E-state index in [2.05, 4.69) is 16.7 Å². The fourth-order valence-electron chi connectivity index (χ4n) is 2.80. The monoisotopic (exact) mass is 321 g/mol. The Hall–Kier alpha value is -2.49. The normalized spacial score (nSPS) is 23.1. The van der Waals surface area contributed by atoms with Crippen molar-refractivity contribution in [3.8, 4) is 6.07 Å². The third-order valence-electron chi connectivity index (χ3n) is 4.15. The number of carbonyl (C=O) groups is 2. The molecule has 2 N–H and O–H groups in total. The molecule has 1 fully saturated rings. The number of hydrogen-bond donors (Lipinski definition) is 2. The van der Waals surface area contributed by atoms with Gasteiger partial charge in [0, 0.05) is 11.6 Å². The number of hydrogen-bond acceptors (Lipinski definition) is 3. The van der Waals surface area contributed by atoms with Crippen LogP contribution in [0.15, 0.2) is 18.2 Å². The second-order valence-electron chi connectivity index (χ2n) is 5.77. The Morgan fingerprint density at radius 1 is 1.35 bits per heavy atom. The number of nitriles is 1. The number of nitrogens with one attached hydrogen (secondary N) is 2. The van der Waals surface area contributed by atoms with Crippen LogP contribution in [-0.2, 0) is 4.79 Å². The molecule has 1 aromatic rings. The molecule has 1 aliphatic rings. The van der Waals surface area contributed by atoms with Crippen LogP contribution < -0.4 is 10.6 Å². The molecule has 0 aliphatic heterocycles. The first-order valence-electron chi connectivity index (χ1n) is 7.33. The highest BCUT2D eigenvalue weighted by molar-refractivity contribution is 5.96. The number of nitrogens with zero attached hydrogens (tertiary/aromatic N) is 1. The number of carbonyl (C=O) groups excluding carboxylic acids is 2. The molecule has 0 radical (unpaired) electrons. The van der Waals surface area contributed by atoms with Crippen molar-refractivity contribution in [2.24, 2.45) is 5.92 Å². The average Bonchev–Trinajstić information content (AvgIpc) is 2.85. The predicted octanol–water partition coefficient (Wildman–Crippen LogP) is 1.89. The van der Waals surface area contributed by atoms with Gasteiger partial charge in [0.25, 0.3) is 5.91 Å². The van der Waals surface area contributed by atoms with Crippen molar-refractivity contribution < 1.29 is 18.4 Å². The van der Waals surface area contributed by atoms with Gasteiger partial charge in [-0.05, 0) is 37.3 Å². The zero-order valence-corrected chi connectivity index (χ0v) is 12.7. The maximum atomic E-state index is 13.1. The molecular formula is C16H17F2N3O2. The van der Waals surface area contributed by atoms with E-state index in [9.17, 15) is 23.6 Å². The van der Waals surface area contributed by atoms with Crippen molar-refractivity contribution in [2.75, 3.05) is 6.54 Å². The minimum absolute atomic E-state index is 0.0319. The maximum Gasteiger partial charge on any atom is 0.251 e. The molecule has 23 heavy (non-hydrogen) atoms.